The minimum atomic E-state index is -0.137. The fourth-order valence-corrected chi connectivity index (χ4v) is 2.39. The van der Waals surface area contributed by atoms with E-state index in [2.05, 4.69) is 22.2 Å². The predicted molar refractivity (Wildman–Crippen MR) is 100 cm³/mol. The van der Waals surface area contributed by atoms with Gasteiger partial charge in [-0.25, -0.2) is 0 Å². The Bertz CT molecular complexity index is 776. The number of hydrogen-bond acceptors (Lipinski definition) is 3. The van der Waals surface area contributed by atoms with Gasteiger partial charge < -0.3 is 10.6 Å². The summed E-state index contributed by atoms with van der Waals surface area (Å²) in [6.45, 7) is 6.49. The van der Waals surface area contributed by atoms with Gasteiger partial charge in [0.05, 0.1) is 0 Å². The number of rotatable bonds is 8. The maximum absolute atomic E-state index is 12.3. The number of benzene rings is 1. The largest absolute Gasteiger partial charge is 0.356 e. The van der Waals surface area contributed by atoms with E-state index in [1.165, 1.54) is 0 Å². The van der Waals surface area contributed by atoms with Crippen LogP contribution in [0.1, 0.15) is 30.1 Å². The third-order valence-corrected chi connectivity index (χ3v) is 3.97. The lowest BCUT2D eigenvalue weighted by molar-refractivity contribution is -0.121. The Morgan fingerprint density at radius 3 is 2.68 bits per heavy atom. The van der Waals surface area contributed by atoms with Crippen LogP contribution in [0.3, 0.4) is 0 Å². The summed E-state index contributed by atoms with van der Waals surface area (Å²) >= 11 is 5.64. The number of nitrogens with zero attached hydrogens (tertiary/aromatic N) is 1. The van der Waals surface area contributed by atoms with Crippen molar-refractivity contribution in [3.63, 3.8) is 0 Å². The van der Waals surface area contributed by atoms with Gasteiger partial charge in [0.25, 0.3) is 5.91 Å². The van der Waals surface area contributed by atoms with Gasteiger partial charge in [0.15, 0.2) is 0 Å². The Morgan fingerprint density at radius 2 is 1.92 bits per heavy atom. The van der Waals surface area contributed by atoms with Crippen molar-refractivity contribution < 1.29 is 9.59 Å². The van der Waals surface area contributed by atoms with Crippen LogP contribution in [0.25, 0.3) is 10.8 Å². The van der Waals surface area contributed by atoms with Gasteiger partial charge in [-0.05, 0) is 35.9 Å². The van der Waals surface area contributed by atoms with Crippen molar-refractivity contribution in [1.29, 1.82) is 0 Å². The smallest absolute Gasteiger partial charge is 0.251 e. The van der Waals surface area contributed by atoms with Crippen molar-refractivity contribution in [3.05, 3.63) is 53.8 Å². The zero-order chi connectivity index (χ0) is 18.2. The summed E-state index contributed by atoms with van der Waals surface area (Å²) < 4.78 is 0. The lowest BCUT2D eigenvalue weighted by atomic mass is 10.1. The van der Waals surface area contributed by atoms with E-state index in [1.54, 1.807) is 18.5 Å². The van der Waals surface area contributed by atoms with Crippen LogP contribution in [0.4, 0.5) is 0 Å². The Morgan fingerprint density at radius 1 is 1.16 bits per heavy atom. The summed E-state index contributed by atoms with van der Waals surface area (Å²) in [5.41, 5.74) is 0.595. The molecule has 1 atom stereocenters. The van der Waals surface area contributed by atoms with Crippen molar-refractivity contribution in [2.75, 3.05) is 13.1 Å². The van der Waals surface area contributed by atoms with Crippen LogP contribution in [-0.4, -0.2) is 29.9 Å². The summed E-state index contributed by atoms with van der Waals surface area (Å²) in [7, 11) is 0. The van der Waals surface area contributed by atoms with E-state index in [1.807, 2.05) is 25.1 Å². The average molecular weight is 360 g/mol. The monoisotopic (exact) mass is 359 g/mol. The molecule has 0 bridgehead atoms. The fraction of sp³-hybridized carbons (Fsp3) is 0.316. The molecule has 0 aliphatic heterocycles. The number of hydrogen-bond donors (Lipinski definition) is 2. The van der Waals surface area contributed by atoms with Crippen LogP contribution in [0.15, 0.2) is 48.3 Å². The second-order valence-electron chi connectivity index (χ2n) is 6.07. The van der Waals surface area contributed by atoms with Crippen molar-refractivity contribution in [1.82, 2.24) is 15.6 Å². The lowest BCUT2D eigenvalue weighted by Crippen LogP contribution is -2.35. The predicted octanol–water partition coefficient (Wildman–Crippen LogP) is 3.25. The van der Waals surface area contributed by atoms with Crippen molar-refractivity contribution in [2.45, 2.75) is 19.8 Å². The molecule has 0 aliphatic carbocycles. The Kier molecular flexibility index (Phi) is 6.95. The molecule has 1 aromatic carbocycles. The van der Waals surface area contributed by atoms with Gasteiger partial charge in [-0.1, -0.05) is 31.2 Å². The molecule has 0 aliphatic rings. The molecule has 25 heavy (non-hydrogen) atoms. The van der Waals surface area contributed by atoms with Gasteiger partial charge in [0, 0.05) is 47.9 Å². The molecular formula is C19H22ClN3O2. The molecule has 2 N–H and O–H groups in total. The minimum Gasteiger partial charge on any atom is -0.356 e. The van der Waals surface area contributed by atoms with E-state index in [9.17, 15) is 9.59 Å². The first-order chi connectivity index (χ1) is 12.0. The molecule has 0 saturated heterocycles. The van der Waals surface area contributed by atoms with Crippen molar-refractivity contribution >= 4 is 34.2 Å². The molecule has 0 fully saturated rings. The second-order valence-corrected chi connectivity index (χ2v) is 6.61. The lowest BCUT2D eigenvalue weighted by Gasteiger charge is -2.14. The van der Waals surface area contributed by atoms with E-state index in [0.29, 0.717) is 36.5 Å². The SMILES string of the molecule is C=C(Cl)CCC(=O)NCC(C)CNC(=O)c1ccc2ccncc2c1. The van der Waals surface area contributed by atoms with Crippen LogP contribution < -0.4 is 10.6 Å². The fourth-order valence-electron chi connectivity index (χ4n) is 2.29. The van der Waals surface area contributed by atoms with Crippen LogP contribution in [0.5, 0.6) is 0 Å². The maximum atomic E-state index is 12.3. The molecule has 0 spiro atoms. The zero-order valence-electron chi connectivity index (χ0n) is 14.2. The third kappa shape index (κ3) is 6.19. The normalized spacial score (nSPS) is 11.8. The minimum absolute atomic E-state index is 0.0676. The molecule has 2 rings (SSSR count). The highest BCUT2D eigenvalue weighted by atomic mass is 35.5. The van der Waals surface area contributed by atoms with E-state index in [0.717, 1.165) is 10.8 Å². The quantitative estimate of drug-likeness (QED) is 0.760. The molecule has 6 heteroatoms. The molecular weight excluding hydrogens is 338 g/mol. The van der Waals surface area contributed by atoms with Gasteiger partial charge in [-0.2, -0.15) is 0 Å². The van der Waals surface area contributed by atoms with Crippen molar-refractivity contribution in [2.24, 2.45) is 5.92 Å². The molecule has 1 heterocycles. The molecule has 2 amide bonds. The first-order valence-electron chi connectivity index (χ1n) is 8.17. The number of nitrogens with one attached hydrogen (secondary N) is 2. The number of carbonyl (C=O) groups is 2. The van der Waals surface area contributed by atoms with Crippen LogP contribution in [-0.2, 0) is 4.79 Å². The highest BCUT2D eigenvalue weighted by Crippen LogP contribution is 2.14. The summed E-state index contributed by atoms with van der Waals surface area (Å²) in [4.78, 5) is 28.0. The third-order valence-electron chi connectivity index (χ3n) is 3.78. The van der Waals surface area contributed by atoms with Gasteiger partial charge in [0.1, 0.15) is 0 Å². The molecule has 1 unspecified atom stereocenters. The first-order valence-corrected chi connectivity index (χ1v) is 8.55. The van der Waals surface area contributed by atoms with Crippen LogP contribution in [0, 0.1) is 5.92 Å². The van der Waals surface area contributed by atoms with Crippen LogP contribution >= 0.6 is 11.6 Å². The summed E-state index contributed by atoms with van der Waals surface area (Å²) in [6, 6.07) is 7.42. The number of allylic oxidation sites excluding steroid dienone is 1. The van der Waals surface area contributed by atoms with Gasteiger partial charge in [-0.15, -0.1) is 0 Å². The second kappa shape index (κ2) is 9.18. The van der Waals surface area contributed by atoms with E-state index in [-0.39, 0.29) is 17.7 Å². The first kappa shape index (κ1) is 18.9. The van der Waals surface area contributed by atoms with E-state index in [4.69, 9.17) is 11.6 Å². The summed E-state index contributed by atoms with van der Waals surface area (Å²) in [5, 5.41) is 8.16. The highest BCUT2D eigenvalue weighted by Gasteiger charge is 2.10. The van der Waals surface area contributed by atoms with E-state index >= 15 is 0 Å². The molecule has 0 saturated carbocycles. The van der Waals surface area contributed by atoms with Gasteiger partial charge in [-0.3, -0.25) is 14.6 Å². The molecule has 1 aromatic heterocycles. The number of carbonyl (C=O) groups excluding carboxylic acids is 2. The number of amides is 2. The maximum Gasteiger partial charge on any atom is 0.251 e. The molecule has 132 valence electrons. The number of halogens is 1. The topological polar surface area (TPSA) is 71.1 Å². The Hall–Kier alpha value is -2.40. The number of aromatic nitrogens is 1. The number of fused-ring (bicyclic) bond motifs is 1. The van der Waals surface area contributed by atoms with E-state index < -0.39 is 0 Å². The zero-order valence-corrected chi connectivity index (χ0v) is 15.0. The number of pyridine rings is 1. The highest BCUT2D eigenvalue weighted by molar-refractivity contribution is 6.29. The standard InChI is InChI=1S/C19H22ClN3O2/c1-13(10-22-18(24)6-3-14(2)20)11-23-19(25)16-5-4-15-7-8-21-12-17(15)9-16/h4-5,7-9,12-13H,2-3,6,10-11H2,1H3,(H,22,24)(H,23,25). The summed E-state index contributed by atoms with van der Waals surface area (Å²) in [6.07, 6.45) is 4.25. The average Bonchev–Trinajstić information content (AvgIpc) is 2.62. The Labute approximate surface area is 152 Å². The van der Waals surface area contributed by atoms with Crippen molar-refractivity contribution in [3.8, 4) is 0 Å². The van der Waals surface area contributed by atoms with Crippen LogP contribution in [0.2, 0.25) is 0 Å². The molecule has 5 nitrogen and oxygen atoms in total. The summed E-state index contributed by atoms with van der Waals surface area (Å²) in [5.74, 6) is -0.0846. The molecule has 0 radical (unpaired) electrons. The molecule has 2 aromatic rings. The Balaban J connectivity index is 1.78. The van der Waals surface area contributed by atoms with Gasteiger partial charge >= 0.3 is 0 Å². The van der Waals surface area contributed by atoms with Gasteiger partial charge in [0.2, 0.25) is 5.91 Å².